The lowest BCUT2D eigenvalue weighted by molar-refractivity contribution is -0.327. The molecular weight excluding hydrogens is 224 g/mol. The normalized spacial score (nSPS) is 12.0. The van der Waals surface area contributed by atoms with E-state index in [0.29, 0.717) is 0 Å². The third-order valence-electron chi connectivity index (χ3n) is 4.22. The lowest BCUT2D eigenvalue weighted by atomic mass is 9.90. The van der Waals surface area contributed by atoms with E-state index in [1.807, 2.05) is 0 Å². The Balaban J connectivity index is 3.38. The maximum Gasteiger partial charge on any atom is 0.103 e. The van der Waals surface area contributed by atoms with Gasteiger partial charge in [0.25, 0.3) is 0 Å². The third-order valence-corrected chi connectivity index (χ3v) is 4.22. The lowest BCUT2D eigenvalue weighted by Gasteiger charge is -2.27. The van der Waals surface area contributed by atoms with Crippen LogP contribution in [0, 0.1) is 0 Å². The lowest BCUT2D eigenvalue weighted by Crippen LogP contribution is -2.29. The van der Waals surface area contributed by atoms with Crippen LogP contribution in [0.4, 0.5) is 0 Å². The summed E-state index contributed by atoms with van der Waals surface area (Å²) in [7, 11) is 0. The first-order chi connectivity index (χ1) is 8.74. The van der Waals surface area contributed by atoms with E-state index >= 15 is 0 Å². The molecule has 0 aliphatic carbocycles. The smallest absolute Gasteiger partial charge is 0.103 e. The Kier molecular flexibility index (Phi) is 11.9. The summed E-state index contributed by atoms with van der Waals surface area (Å²) in [4.78, 5) is 4.71. The van der Waals surface area contributed by atoms with Gasteiger partial charge in [-0.2, -0.15) is 0 Å². The molecular formula is C16H34O2. The van der Waals surface area contributed by atoms with Crippen molar-refractivity contribution in [3.8, 4) is 0 Å². The molecule has 0 aromatic heterocycles. The average Bonchev–Trinajstić information content (AvgIpc) is 2.42. The van der Waals surface area contributed by atoms with Crippen molar-refractivity contribution in [3.63, 3.8) is 0 Å². The van der Waals surface area contributed by atoms with Gasteiger partial charge in [-0.3, -0.25) is 5.26 Å². The zero-order valence-corrected chi connectivity index (χ0v) is 12.8. The van der Waals surface area contributed by atoms with Crippen molar-refractivity contribution in [2.45, 2.75) is 103 Å². The van der Waals surface area contributed by atoms with Crippen molar-refractivity contribution in [1.29, 1.82) is 0 Å². The van der Waals surface area contributed by atoms with Crippen molar-refractivity contribution < 1.29 is 10.1 Å². The zero-order valence-electron chi connectivity index (χ0n) is 12.8. The first kappa shape index (κ1) is 17.9. The maximum atomic E-state index is 9.00. The summed E-state index contributed by atoms with van der Waals surface area (Å²) >= 11 is 0. The molecule has 0 saturated heterocycles. The molecule has 0 spiro atoms. The molecule has 18 heavy (non-hydrogen) atoms. The first-order valence-electron chi connectivity index (χ1n) is 8.07. The Hall–Kier alpha value is -0.0800. The predicted octanol–water partition coefficient (Wildman–Crippen LogP) is 5.96. The first-order valence-corrected chi connectivity index (χ1v) is 8.07. The fourth-order valence-electron chi connectivity index (χ4n) is 2.54. The molecule has 0 amide bonds. The van der Waals surface area contributed by atoms with Gasteiger partial charge >= 0.3 is 0 Å². The molecule has 1 N–H and O–H groups in total. The van der Waals surface area contributed by atoms with Gasteiger partial charge in [0.15, 0.2) is 0 Å². The van der Waals surface area contributed by atoms with E-state index in [-0.39, 0.29) is 5.60 Å². The quantitative estimate of drug-likeness (QED) is 0.251. The minimum atomic E-state index is -0.277. The Morgan fingerprint density at radius 2 is 1.17 bits per heavy atom. The van der Waals surface area contributed by atoms with E-state index in [9.17, 15) is 0 Å². The maximum absolute atomic E-state index is 9.00. The molecule has 0 unspecified atom stereocenters. The molecule has 0 radical (unpaired) electrons. The zero-order chi connectivity index (χ0) is 13.7. The highest BCUT2D eigenvalue weighted by Crippen LogP contribution is 2.26. The van der Waals surface area contributed by atoms with Crippen molar-refractivity contribution in [2.75, 3.05) is 0 Å². The average molecular weight is 258 g/mol. The molecule has 0 bridgehead atoms. The third kappa shape index (κ3) is 8.10. The van der Waals surface area contributed by atoms with E-state index in [0.717, 1.165) is 19.3 Å². The van der Waals surface area contributed by atoms with Crippen LogP contribution in [0.3, 0.4) is 0 Å². The molecule has 0 aromatic carbocycles. The summed E-state index contributed by atoms with van der Waals surface area (Å²) in [6.07, 6.45) is 14.9. The fraction of sp³-hybridized carbons (Fsp3) is 1.00. The fourth-order valence-corrected chi connectivity index (χ4v) is 2.54. The van der Waals surface area contributed by atoms with Crippen LogP contribution >= 0.6 is 0 Å². The van der Waals surface area contributed by atoms with Crippen LogP contribution < -0.4 is 0 Å². The van der Waals surface area contributed by atoms with Gasteiger partial charge in [0.1, 0.15) is 5.60 Å². The summed E-state index contributed by atoms with van der Waals surface area (Å²) in [5.41, 5.74) is -0.277. The van der Waals surface area contributed by atoms with Gasteiger partial charge in [0, 0.05) is 0 Å². The summed E-state index contributed by atoms with van der Waals surface area (Å²) in [5, 5.41) is 9.00. The van der Waals surface area contributed by atoms with Gasteiger partial charge in [-0.1, -0.05) is 78.6 Å². The van der Waals surface area contributed by atoms with E-state index in [4.69, 9.17) is 10.1 Å². The second kappa shape index (κ2) is 12.0. The number of unbranched alkanes of at least 4 members (excludes halogenated alkanes) is 8. The second-order valence-electron chi connectivity index (χ2n) is 5.56. The van der Waals surface area contributed by atoms with Crippen molar-refractivity contribution in [3.05, 3.63) is 0 Å². The molecule has 0 atom stereocenters. The van der Waals surface area contributed by atoms with Crippen molar-refractivity contribution in [1.82, 2.24) is 0 Å². The van der Waals surface area contributed by atoms with Gasteiger partial charge in [0.05, 0.1) is 0 Å². The molecule has 0 saturated carbocycles. The van der Waals surface area contributed by atoms with Crippen LogP contribution in [0.15, 0.2) is 0 Å². The topological polar surface area (TPSA) is 29.5 Å². The van der Waals surface area contributed by atoms with Crippen LogP contribution in [0.5, 0.6) is 0 Å². The summed E-state index contributed by atoms with van der Waals surface area (Å²) in [5.74, 6) is 0. The SMILES string of the molecule is CCCCCCCCCCCC(CC)(CC)OO. The van der Waals surface area contributed by atoms with E-state index in [1.54, 1.807) is 0 Å². The van der Waals surface area contributed by atoms with Gasteiger partial charge in [-0.25, -0.2) is 4.89 Å². The van der Waals surface area contributed by atoms with Gasteiger partial charge in [-0.05, 0) is 19.3 Å². The van der Waals surface area contributed by atoms with E-state index in [1.165, 1.54) is 57.8 Å². The minimum absolute atomic E-state index is 0.277. The Labute approximate surface area is 114 Å². The second-order valence-corrected chi connectivity index (χ2v) is 5.56. The monoisotopic (exact) mass is 258 g/mol. The summed E-state index contributed by atoms with van der Waals surface area (Å²) < 4.78 is 0. The predicted molar refractivity (Wildman–Crippen MR) is 78.9 cm³/mol. The summed E-state index contributed by atoms with van der Waals surface area (Å²) in [6.45, 7) is 6.44. The summed E-state index contributed by atoms with van der Waals surface area (Å²) in [6, 6.07) is 0. The minimum Gasteiger partial charge on any atom is -0.251 e. The molecule has 2 nitrogen and oxygen atoms in total. The Bertz CT molecular complexity index is 156. The molecule has 110 valence electrons. The molecule has 0 aliphatic rings. The Morgan fingerprint density at radius 3 is 1.56 bits per heavy atom. The molecule has 0 aromatic rings. The molecule has 0 heterocycles. The molecule has 0 rings (SSSR count). The van der Waals surface area contributed by atoms with Crippen LogP contribution in [0.25, 0.3) is 0 Å². The van der Waals surface area contributed by atoms with Crippen LogP contribution in [-0.2, 0) is 4.89 Å². The molecule has 2 heteroatoms. The van der Waals surface area contributed by atoms with Gasteiger partial charge in [0.2, 0.25) is 0 Å². The van der Waals surface area contributed by atoms with Gasteiger partial charge in [-0.15, -0.1) is 0 Å². The van der Waals surface area contributed by atoms with Crippen LogP contribution in [0.1, 0.15) is 97.8 Å². The number of rotatable bonds is 13. The highest BCUT2D eigenvalue weighted by molar-refractivity contribution is 4.75. The highest BCUT2D eigenvalue weighted by Gasteiger charge is 2.26. The van der Waals surface area contributed by atoms with Gasteiger partial charge < -0.3 is 0 Å². The van der Waals surface area contributed by atoms with Crippen LogP contribution in [-0.4, -0.2) is 10.9 Å². The van der Waals surface area contributed by atoms with Crippen molar-refractivity contribution in [2.24, 2.45) is 0 Å². The van der Waals surface area contributed by atoms with Crippen LogP contribution in [0.2, 0.25) is 0 Å². The van der Waals surface area contributed by atoms with E-state index in [2.05, 4.69) is 20.8 Å². The van der Waals surface area contributed by atoms with Crippen molar-refractivity contribution >= 4 is 0 Å². The molecule has 0 fully saturated rings. The standard InChI is InChI=1S/C16H34O2/c1-4-7-8-9-10-11-12-13-14-15-16(5-2,6-3)18-17/h17H,4-15H2,1-3H3. The Morgan fingerprint density at radius 1 is 0.722 bits per heavy atom. The molecule has 0 aliphatic heterocycles. The largest absolute Gasteiger partial charge is 0.251 e. The number of hydrogen-bond donors (Lipinski definition) is 1. The number of hydrogen-bond acceptors (Lipinski definition) is 2. The van der Waals surface area contributed by atoms with E-state index < -0.39 is 0 Å². The highest BCUT2D eigenvalue weighted by atomic mass is 17.1.